The van der Waals surface area contributed by atoms with Crippen molar-refractivity contribution in [2.45, 2.75) is 9.10 Å². The van der Waals surface area contributed by atoms with Gasteiger partial charge in [-0.25, -0.2) is 13.4 Å². The van der Waals surface area contributed by atoms with E-state index >= 15 is 0 Å². The minimum atomic E-state index is -3.79. The molecule has 0 spiro atoms. The van der Waals surface area contributed by atoms with Crippen molar-refractivity contribution >= 4 is 44.6 Å². The van der Waals surface area contributed by atoms with Crippen LogP contribution in [0.15, 0.2) is 57.2 Å². The fourth-order valence-electron chi connectivity index (χ4n) is 1.95. The van der Waals surface area contributed by atoms with E-state index in [4.69, 9.17) is 11.6 Å². The molecule has 0 radical (unpaired) electrons. The first-order valence-corrected chi connectivity index (χ1v) is 9.39. The minimum absolute atomic E-state index is 0.00513. The first-order chi connectivity index (χ1) is 11.5. The summed E-state index contributed by atoms with van der Waals surface area (Å²) in [5.41, 5.74) is 0.113. The Morgan fingerprint density at radius 3 is 2.62 bits per heavy atom. The Kier molecular flexibility index (Phi) is 4.61. The van der Waals surface area contributed by atoms with Crippen LogP contribution in [0, 0.1) is 0 Å². The van der Waals surface area contributed by atoms with Crippen molar-refractivity contribution in [3.8, 4) is 0 Å². The number of aromatic amines is 1. The fraction of sp³-hybridized carbons (Fsp3) is 0. The van der Waals surface area contributed by atoms with Crippen molar-refractivity contribution in [1.82, 2.24) is 15.2 Å². The van der Waals surface area contributed by atoms with E-state index < -0.39 is 15.6 Å². The van der Waals surface area contributed by atoms with Crippen molar-refractivity contribution in [2.75, 3.05) is 0 Å². The number of aromatic nitrogens is 3. The average molecular weight is 380 g/mol. The lowest BCUT2D eigenvalue weighted by Crippen LogP contribution is -2.05. The van der Waals surface area contributed by atoms with Crippen LogP contribution in [0.25, 0.3) is 6.08 Å². The van der Waals surface area contributed by atoms with Crippen LogP contribution in [0.5, 0.6) is 0 Å². The number of carbonyl (C=O) groups is 1. The summed E-state index contributed by atoms with van der Waals surface area (Å²) >= 11 is 6.78. The van der Waals surface area contributed by atoms with Crippen LogP contribution in [-0.4, -0.2) is 29.4 Å². The first kappa shape index (κ1) is 16.6. The standard InChI is InChI=1S/C15H10ClN3O3S2/c16-10-1-3-11(4-2-10)24(21,22)15-12(7-8-23-15)13(20)5-6-14-17-9-18-19-14/h1-9H,(H,17,18,19). The number of halogens is 1. The van der Waals surface area contributed by atoms with E-state index in [0.29, 0.717) is 10.8 Å². The van der Waals surface area contributed by atoms with Crippen molar-refractivity contribution in [2.24, 2.45) is 0 Å². The van der Waals surface area contributed by atoms with Gasteiger partial charge in [-0.2, -0.15) is 5.10 Å². The molecule has 0 atom stereocenters. The van der Waals surface area contributed by atoms with E-state index in [2.05, 4.69) is 15.2 Å². The molecule has 0 unspecified atom stereocenters. The lowest BCUT2D eigenvalue weighted by atomic mass is 10.2. The van der Waals surface area contributed by atoms with Crippen molar-refractivity contribution in [3.05, 3.63) is 64.5 Å². The third kappa shape index (κ3) is 3.30. The predicted molar refractivity (Wildman–Crippen MR) is 91.0 cm³/mol. The van der Waals surface area contributed by atoms with Gasteiger partial charge in [-0.1, -0.05) is 11.6 Å². The summed E-state index contributed by atoms with van der Waals surface area (Å²) in [6.07, 6.45) is 4.03. The second-order valence-electron chi connectivity index (χ2n) is 4.63. The van der Waals surface area contributed by atoms with Gasteiger partial charge in [0.05, 0.1) is 10.5 Å². The van der Waals surface area contributed by atoms with Gasteiger partial charge in [0.15, 0.2) is 11.6 Å². The van der Waals surface area contributed by atoms with Crippen molar-refractivity contribution in [1.29, 1.82) is 0 Å². The van der Waals surface area contributed by atoms with E-state index in [9.17, 15) is 13.2 Å². The summed E-state index contributed by atoms with van der Waals surface area (Å²) in [6, 6.07) is 7.29. The first-order valence-electron chi connectivity index (χ1n) is 6.65. The predicted octanol–water partition coefficient (Wildman–Crippen LogP) is 3.25. The number of rotatable bonds is 5. The number of thiophene rings is 1. The zero-order chi connectivity index (χ0) is 17.2. The number of ketones is 1. The molecular formula is C15H10ClN3O3S2. The molecule has 1 N–H and O–H groups in total. The molecule has 2 aromatic heterocycles. The van der Waals surface area contributed by atoms with Gasteiger partial charge in [0, 0.05) is 5.02 Å². The Bertz CT molecular complexity index is 991. The molecule has 0 saturated carbocycles. The quantitative estimate of drug-likeness (QED) is 0.542. The largest absolute Gasteiger partial charge is 0.289 e. The molecule has 0 amide bonds. The molecule has 2 heterocycles. The molecule has 1 aromatic carbocycles. The summed E-state index contributed by atoms with van der Waals surface area (Å²) in [4.78, 5) is 16.3. The topological polar surface area (TPSA) is 92.8 Å². The molecule has 3 rings (SSSR count). The highest BCUT2D eigenvalue weighted by atomic mass is 35.5. The zero-order valence-corrected chi connectivity index (χ0v) is 14.4. The van der Waals surface area contributed by atoms with Crippen LogP contribution >= 0.6 is 22.9 Å². The third-order valence-electron chi connectivity index (χ3n) is 3.08. The van der Waals surface area contributed by atoms with Gasteiger partial charge in [0.25, 0.3) is 0 Å². The maximum Gasteiger partial charge on any atom is 0.216 e. The number of sulfone groups is 1. The number of hydrogen-bond acceptors (Lipinski definition) is 6. The molecule has 0 aliphatic rings. The maximum atomic E-state index is 12.7. The summed E-state index contributed by atoms with van der Waals surface area (Å²) in [5, 5.41) is 8.32. The van der Waals surface area contributed by atoms with Crippen molar-refractivity contribution < 1.29 is 13.2 Å². The normalized spacial score (nSPS) is 11.9. The molecule has 3 aromatic rings. The van der Waals surface area contributed by atoms with Gasteiger partial charge in [0.1, 0.15) is 10.5 Å². The summed E-state index contributed by atoms with van der Waals surface area (Å²) < 4.78 is 25.4. The molecular weight excluding hydrogens is 370 g/mol. The molecule has 24 heavy (non-hydrogen) atoms. The van der Waals surface area contributed by atoms with Gasteiger partial charge < -0.3 is 0 Å². The Balaban J connectivity index is 1.95. The van der Waals surface area contributed by atoms with Gasteiger partial charge in [-0.15, -0.1) is 11.3 Å². The van der Waals surface area contributed by atoms with E-state index in [1.807, 2.05) is 0 Å². The van der Waals surface area contributed by atoms with Gasteiger partial charge >= 0.3 is 0 Å². The Hall–Kier alpha value is -2.29. The van der Waals surface area contributed by atoms with Crippen LogP contribution in [0.4, 0.5) is 0 Å². The number of nitrogens with one attached hydrogen (secondary N) is 1. The number of nitrogens with zero attached hydrogens (tertiary/aromatic N) is 2. The molecule has 0 fully saturated rings. The second-order valence-corrected chi connectivity index (χ2v) is 8.13. The van der Waals surface area contributed by atoms with Crippen LogP contribution in [0.2, 0.25) is 5.02 Å². The molecule has 9 heteroatoms. The molecule has 0 aliphatic heterocycles. The Labute approximate surface area is 146 Å². The number of allylic oxidation sites excluding steroid dienone is 1. The van der Waals surface area contributed by atoms with E-state index in [1.54, 1.807) is 5.38 Å². The molecule has 0 saturated heterocycles. The molecule has 6 nitrogen and oxygen atoms in total. The maximum absolute atomic E-state index is 12.7. The van der Waals surface area contributed by atoms with E-state index in [-0.39, 0.29) is 14.7 Å². The summed E-state index contributed by atoms with van der Waals surface area (Å²) in [7, 11) is -3.79. The smallest absolute Gasteiger partial charge is 0.216 e. The van der Waals surface area contributed by atoms with Crippen LogP contribution < -0.4 is 0 Å². The SMILES string of the molecule is O=C(C=Cc1nc[nH]n1)c1ccsc1S(=O)(=O)c1ccc(Cl)cc1. The highest BCUT2D eigenvalue weighted by Gasteiger charge is 2.25. The zero-order valence-electron chi connectivity index (χ0n) is 12.0. The van der Waals surface area contributed by atoms with Crippen LogP contribution in [-0.2, 0) is 9.84 Å². The van der Waals surface area contributed by atoms with Crippen LogP contribution in [0.3, 0.4) is 0 Å². The van der Waals surface area contributed by atoms with Crippen molar-refractivity contribution in [3.63, 3.8) is 0 Å². The van der Waals surface area contributed by atoms with Gasteiger partial charge in [0.2, 0.25) is 9.84 Å². The lowest BCUT2D eigenvalue weighted by Gasteiger charge is -2.04. The molecule has 0 bridgehead atoms. The van der Waals surface area contributed by atoms with Crippen LogP contribution in [0.1, 0.15) is 16.2 Å². The monoisotopic (exact) mass is 379 g/mol. The van der Waals surface area contributed by atoms with E-state index in [0.717, 1.165) is 11.3 Å². The highest BCUT2D eigenvalue weighted by Crippen LogP contribution is 2.30. The fourth-order valence-corrected chi connectivity index (χ4v) is 4.82. The number of hydrogen-bond donors (Lipinski definition) is 1. The minimum Gasteiger partial charge on any atom is -0.289 e. The summed E-state index contributed by atoms with van der Waals surface area (Å²) in [6.45, 7) is 0. The number of carbonyl (C=O) groups excluding carboxylic acids is 1. The van der Waals surface area contributed by atoms with Gasteiger partial charge in [-0.05, 0) is 47.9 Å². The lowest BCUT2D eigenvalue weighted by molar-refractivity contribution is 0.104. The van der Waals surface area contributed by atoms with E-state index in [1.165, 1.54) is 48.8 Å². The molecule has 0 aliphatic carbocycles. The Morgan fingerprint density at radius 1 is 1.21 bits per heavy atom. The second kappa shape index (κ2) is 6.68. The highest BCUT2D eigenvalue weighted by molar-refractivity contribution is 7.93. The number of H-pyrrole nitrogens is 1. The third-order valence-corrected chi connectivity index (χ3v) is 6.59. The molecule has 122 valence electrons. The summed E-state index contributed by atoms with van der Waals surface area (Å²) in [5.74, 6) is -0.103. The van der Waals surface area contributed by atoms with Gasteiger partial charge in [-0.3, -0.25) is 9.89 Å². The number of benzene rings is 1. The Morgan fingerprint density at radius 2 is 1.96 bits per heavy atom. The average Bonchev–Trinajstić information content (AvgIpc) is 3.24.